The normalized spacial score (nSPS) is 14.9. The summed E-state index contributed by atoms with van der Waals surface area (Å²) in [4.78, 5) is 133. The van der Waals surface area contributed by atoms with E-state index in [9.17, 15) is 47.9 Å². The minimum absolute atomic E-state index is 0.0428. The molecule has 10 amide bonds. The van der Waals surface area contributed by atoms with E-state index in [4.69, 9.17) is 4.74 Å². The first-order valence-corrected chi connectivity index (χ1v) is 18.9. The highest BCUT2D eigenvalue weighted by atomic mass is 16.5. The fourth-order valence-electron chi connectivity index (χ4n) is 7.61. The molecule has 4 aliphatic heterocycles. The third-order valence-electron chi connectivity index (χ3n) is 10.7. The standard InChI is InChI=1S/C46H24N6O11/c53-37(47-51-43(59)29-5-1-2-6-30(29)44(51)60)23-9-19-33-35(21-23)41(57)49(39(33)55)25-11-15-27(16-12-25)63-28-17-13-26(14-18-28)50-40(56)34-20-10-24(22-36(34)42(50)58)38(54)48-52-45(61)31-7-3-4-8-32(31)46(52)62/h1-22H,(H,47,53)(H,48,54). The number of anilines is 2. The van der Waals surface area contributed by atoms with Crippen LogP contribution in [0.1, 0.15) is 104 Å². The second kappa shape index (κ2) is 14.1. The Balaban J connectivity index is 0.782. The number of carbonyl (C=O) groups is 10. The minimum Gasteiger partial charge on any atom is -0.457 e. The average Bonchev–Trinajstić information content (AvgIpc) is 3.90. The summed E-state index contributed by atoms with van der Waals surface area (Å²) in [7, 11) is 0. The molecule has 0 saturated carbocycles. The van der Waals surface area contributed by atoms with E-state index in [1.54, 1.807) is 24.3 Å². The zero-order valence-corrected chi connectivity index (χ0v) is 32.0. The van der Waals surface area contributed by atoms with Crippen molar-refractivity contribution in [3.05, 3.63) is 189 Å². The zero-order chi connectivity index (χ0) is 43.8. The van der Waals surface area contributed by atoms with E-state index >= 15 is 0 Å². The summed E-state index contributed by atoms with van der Waals surface area (Å²) in [6.07, 6.45) is 0. The zero-order valence-electron chi connectivity index (χ0n) is 32.0. The molecule has 4 aliphatic rings. The van der Waals surface area contributed by atoms with Crippen LogP contribution in [0.3, 0.4) is 0 Å². The molecule has 6 aromatic rings. The lowest BCUT2D eigenvalue weighted by atomic mass is 10.1. The fraction of sp³-hybridized carbons (Fsp3) is 0. The van der Waals surface area contributed by atoms with Crippen LogP contribution in [0.5, 0.6) is 11.5 Å². The molecular weight excluding hydrogens is 813 g/mol. The Kier molecular flexibility index (Phi) is 8.49. The maximum atomic E-state index is 13.5. The Morgan fingerprint density at radius 2 is 0.651 bits per heavy atom. The van der Waals surface area contributed by atoms with E-state index in [0.29, 0.717) is 21.5 Å². The molecule has 0 radical (unpaired) electrons. The first kappa shape index (κ1) is 37.9. The van der Waals surface area contributed by atoms with Gasteiger partial charge in [-0.2, -0.15) is 10.0 Å². The van der Waals surface area contributed by atoms with Crippen LogP contribution in [0.4, 0.5) is 11.4 Å². The van der Waals surface area contributed by atoms with Crippen molar-refractivity contribution in [2.24, 2.45) is 0 Å². The Labute approximate surface area is 353 Å². The average molecular weight is 837 g/mol. The highest BCUT2D eigenvalue weighted by Gasteiger charge is 2.41. The van der Waals surface area contributed by atoms with Gasteiger partial charge in [-0.1, -0.05) is 24.3 Å². The van der Waals surface area contributed by atoms with Crippen molar-refractivity contribution >= 4 is 70.4 Å². The predicted molar refractivity (Wildman–Crippen MR) is 217 cm³/mol. The number of nitrogens with zero attached hydrogens (tertiary/aromatic N) is 4. The summed E-state index contributed by atoms with van der Waals surface area (Å²) >= 11 is 0. The summed E-state index contributed by atoms with van der Waals surface area (Å²) in [5.74, 6) is -6.58. The molecule has 17 nitrogen and oxygen atoms in total. The number of ether oxygens (including phenoxy) is 1. The summed E-state index contributed by atoms with van der Waals surface area (Å²) in [5, 5.41) is 1.19. The van der Waals surface area contributed by atoms with Crippen molar-refractivity contribution in [3.63, 3.8) is 0 Å². The van der Waals surface area contributed by atoms with Crippen LogP contribution in [0, 0.1) is 0 Å². The van der Waals surface area contributed by atoms with Crippen LogP contribution in [-0.2, 0) is 0 Å². The number of imide groups is 4. The van der Waals surface area contributed by atoms with Crippen LogP contribution in [0.2, 0.25) is 0 Å². The van der Waals surface area contributed by atoms with Gasteiger partial charge in [0, 0.05) is 11.1 Å². The second-order valence-corrected chi connectivity index (χ2v) is 14.4. The van der Waals surface area contributed by atoms with E-state index in [0.717, 1.165) is 9.80 Å². The third kappa shape index (κ3) is 5.94. The molecule has 0 aromatic heterocycles. The van der Waals surface area contributed by atoms with Crippen molar-refractivity contribution < 1.29 is 52.7 Å². The Morgan fingerprint density at radius 1 is 0.349 bits per heavy atom. The van der Waals surface area contributed by atoms with Gasteiger partial charge in [-0.15, -0.1) is 0 Å². The fourth-order valence-corrected chi connectivity index (χ4v) is 7.61. The highest BCUT2D eigenvalue weighted by molar-refractivity contribution is 6.36. The molecule has 0 aliphatic carbocycles. The van der Waals surface area contributed by atoms with Gasteiger partial charge in [-0.3, -0.25) is 58.8 Å². The lowest BCUT2D eigenvalue weighted by molar-refractivity contribution is 0.0513. The second-order valence-electron chi connectivity index (χ2n) is 14.4. The SMILES string of the molecule is O=C(NN1C(=O)c2ccccc2C1=O)c1ccc2c(c1)C(=O)N(c1ccc(Oc3ccc(N4C(=O)c5ccc(C(=O)NN6C(=O)c7ccccc7C6=O)cc5C4=O)cc3)cc1)C2=O. The topological polar surface area (TPSA) is 217 Å². The smallest absolute Gasteiger partial charge is 0.280 e. The van der Waals surface area contributed by atoms with E-state index in [1.807, 2.05) is 0 Å². The molecular formula is C46H24N6O11. The molecule has 2 N–H and O–H groups in total. The molecule has 4 heterocycles. The number of fused-ring (bicyclic) bond motifs is 4. The quantitative estimate of drug-likeness (QED) is 0.195. The van der Waals surface area contributed by atoms with Crippen molar-refractivity contribution in [1.82, 2.24) is 20.9 Å². The van der Waals surface area contributed by atoms with Gasteiger partial charge in [-0.25, -0.2) is 9.80 Å². The number of carbonyl (C=O) groups excluding carboxylic acids is 10. The summed E-state index contributed by atoms with van der Waals surface area (Å²) < 4.78 is 5.94. The van der Waals surface area contributed by atoms with Crippen molar-refractivity contribution in [3.8, 4) is 11.5 Å². The third-order valence-corrected chi connectivity index (χ3v) is 10.7. The molecule has 0 unspecified atom stereocenters. The Hall–Kier alpha value is -9.38. The predicted octanol–water partition coefficient (Wildman–Crippen LogP) is 4.96. The lowest BCUT2D eigenvalue weighted by Crippen LogP contribution is -2.45. The van der Waals surface area contributed by atoms with Gasteiger partial charge in [0.05, 0.1) is 55.9 Å². The largest absolute Gasteiger partial charge is 0.457 e. The van der Waals surface area contributed by atoms with Crippen molar-refractivity contribution in [1.29, 1.82) is 0 Å². The maximum Gasteiger partial charge on any atom is 0.280 e. The monoisotopic (exact) mass is 836 g/mol. The van der Waals surface area contributed by atoms with Crippen molar-refractivity contribution in [2.75, 3.05) is 9.80 Å². The molecule has 304 valence electrons. The summed E-state index contributed by atoms with van der Waals surface area (Å²) in [5.41, 5.74) is 5.36. The van der Waals surface area contributed by atoms with E-state index in [2.05, 4.69) is 10.9 Å². The molecule has 0 bridgehead atoms. The molecule has 10 rings (SSSR count). The number of rotatable bonds is 8. The van der Waals surface area contributed by atoms with Crippen LogP contribution >= 0.6 is 0 Å². The highest BCUT2D eigenvalue weighted by Crippen LogP contribution is 2.34. The number of nitrogens with one attached hydrogen (secondary N) is 2. The Bertz CT molecular complexity index is 2880. The van der Waals surface area contributed by atoms with E-state index in [-0.39, 0.29) is 67.0 Å². The van der Waals surface area contributed by atoms with Crippen LogP contribution in [-0.4, -0.2) is 69.1 Å². The molecule has 0 spiro atoms. The lowest BCUT2D eigenvalue weighted by Gasteiger charge is -2.16. The molecule has 0 atom stereocenters. The molecule has 17 heteroatoms. The van der Waals surface area contributed by atoms with Crippen molar-refractivity contribution in [2.45, 2.75) is 0 Å². The van der Waals surface area contributed by atoms with Crippen LogP contribution in [0.25, 0.3) is 0 Å². The Morgan fingerprint density at radius 3 is 0.984 bits per heavy atom. The molecule has 63 heavy (non-hydrogen) atoms. The van der Waals surface area contributed by atoms with Gasteiger partial charge in [-0.05, 0) is 109 Å². The maximum absolute atomic E-state index is 13.5. The number of hydrogen-bond donors (Lipinski definition) is 2. The summed E-state index contributed by atoms with van der Waals surface area (Å²) in [6.45, 7) is 0. The van der Waals surface area contributed by atoms with Gasteiger partial charge < -0.3 is 4.74 Å². The molecule has 6 aromatic carbocycles. The minimum atomic E-state index is -0.842. The van der Waals surface area contributed by atoms with Gasteiger partial charge >= 0.3 is 0 Å². The number of benzene rings is 6. The van der Waals surface area contributed by atoms with Gasteiger partial charge in [0.1, 0.15) is 11.5 Å². The van der Waals surface area contributed by atoms with Gasteiger partial charge in [0.15, 0.2) is 0 Å². The van der Waals surface area contributed by atoms with Crippen LogP contribution in [0.15, 0.2) is 133 Å². The number of hydrogen-bond acceptors (Lipinski definition) is 11. The summed E-state index contributed by atoms with van der Waals surface area (Å²) in [6, 6.07) is 31.9. The number of amides is 10. The first-order chi connectivity index (χ1) is 30.4. The first-order valence-electron chi connectivity index (χ1n) is 18.9. The van der Waals surface area contributed by atoms with E-state index < -0.39 is 59.1 Å². The molecule has 0 saturated heterocycles. The van der Waals surface area contributed by atoms with Gasteiger partial charge in [0.25, 0.3) is 59.1 Å². The molecule has 0 fully saturated rings. The van der Waals surface area contributed by atoms with E-state index in [1.165, 1.54) is 109 Å². The van der Waals surface area contributed by atoms with Gasteiger partial charge in [0.2, 0.25) is 0 Å². The number of hydrazine groups is 2. The van der Waals surface area contributed by atoms with Crippen LogP contribution < -0.4 is 25.4 Å².